The molecule has 4 rings (SSSR count). The molecule has 2 unspecified atom stereocenters. The Morgan fingerprint density at radius 2 is 0.953 bits per heavy atom. The normalized spacial score (nSPS) is 19.3. The zero-order valence-electron chi connectivity index (χ0n) is 25.4. The molecule has 12 nitrogen and oxygen atoms in total. The van der Waals surface area contributed by atoms with Gasteiger partial charge in [-0.15, -0.1) is 0 Å². The monoisotopic (exact) mass is 596 g/mol. The van der Waals surface area contributed by atoms with Gasteiger partial charge in [-0.05, 0) is 65.8 Å². The van der Waals surface area contributed by atoms with Crippen LogP contribution in [-0.4, -0.2) is 110 Å². The van der Waals surface area contributed by atoms with Crippen LogP contribution in [0.25, 0.3) is 0 Å². The minimum Gasteiger partial charge on any atom is -0.491 e. The van der Waals surface area contributed by atoms with Crippen LogP contribution in [0.3, 0.4) is 0 Å². The molecule has 2 aromatic carbocycles. The zero-order chi connectivity index (χ0) is 31.7. The quantitative estimate of drug-likeness (QED) is 0.357. The lowest BCUT2D eigenvalue weighted by Gasteiger charge is -2.36. The molecule has 0 aromatic heterocycles. The van der Waals surface area contributed by atoms with Crippen molar-refractivity contribution in [1.82, 2.24) is 19.6 Å². The van der Waals surface area contributed by atoms with Gasteiger partial charge in [0.05, 0.1) is 13.1 Å². The second-order valence-electron chi connectivity index (χ2n) is 12.1. The first-order valence-corrected chi connectivity index (χ1v) is 14.1. The van der Waals surface area contributed by atoms with Crippen molar-refractivity contribution >= 4 is 23.9 Å². The Labute approximate surface area is 251 Å². The van der Waals surface area contributed by atoms with Gasteiger partial charge in [-0.25, -0.2) is 9.59 Å². The van der Waals surface area contributed by atoms with Crippen LogP contribution < -0.4 is 9.47 Å². The molecule has 0 spiro atoms. The molecular formula is C31H40N4O8. The number of rotatable bonds is 12. The van der Waals surface area contributed by atoms with E-state index in [2.05, 4.69) is 0 Å². The third kappa shape index (κ3) is 6.60. The average molecular weight is 597 g/mol. The minimum atomic E-state index is -1.36. The third-order valence-electron chi connectivity index (χ3n) is 7.81. The van der Waals surface area contributed by atoms with Crippen LogP contribution in [0.5, 0.6) is 11.5 Å². The lowest BCUT2D eigenvalue weighted by Crippen LogP contribution is -2.55. The average Bonchev–Trinajstić information content (AvgIpc) is 3.21. The molecule has 43 heavy (non-hydrogen) atoms. The van der Waals surface area contributed by atoms with Crippen LogP contribution >= 0.6 is 0 Å². The van der Waals surface area contributed by atoms with E-state index in [9.17, 15) is 29.4 Å². The number of urea groups is 2. The summed E-state index contributed by atoms with van der Waals surface area (Å²) in [5.41, 5.74) is -0.612. The van der Waals surface area contributed by atoms with Crippen molar-refractivity contribution in [1.29, 1.82) is 0 Å². The summed E-state index contributed by atoms with van der Waals surface area (Å²) in [6, 6.07) is 13.1. The molecule has 2 aliphatic rings. The number of aryl methyl sites for hydroxylation is 2. The summed E-state index contributed by atoms with van der Waals surface area (Å²) in [5, 5.41) is 21.1. The Morgan fingerprint density at radius 1 is 0.628 bits per heavy atom. The molecule has 6 amide bonds. The Morgan fingerprint density at radius 3 is 1.28 bits per heavy atom. The van der Waals surface area contributed by atoms with E-state index in [1.54, 1.807) is 52.0 Å². The first-order chi connectivity index (χ1) is 20.1. The van der Waals surface area contributed by atoms with E-state index >= 15 is 0 Å². The summed E-state index contributed by atoms with van der Waals surface area (Å²) in [6.45, 7) is 8.80. The number of carbonyl (C=O) groups excluding carboxylic acids is 4. The van der Waals surface area contributed by atoms with Gasteiger partial charge in [-0.3, -0.25) is 29.2 Å². The number of aliphatic hydroxyl groups is 2. The number of benzene rings is 2. The van der Waals surface area contributed by atoms with E-state index in [0.29, 0.717) is 11.5 Å². The summed E-state index contributed by atoms with van der Waals surface area (Å²) in [6.07, 6.45) is -2.31. The van der Waals surface area contributed by atoms with Crippen molar-refractivity contribution < 1.29 is 38.9 Å². The van der Waals surface area contributed by atoms with Gasteiger partial charge in [0, 0.05) is 0 Å². The SMILES string of the molecule is Cc1ccc(OCC(O)CN2C(=O)N(CN3C(=O)N(CC(O)COc4ccc(C)cc4)C(=O)C3(C)C)C(C)(C)C2=O)cc1. The number of nitrogens with zero attached hydrogens (tertiary/aromatic N) is 4. The van der Waals surface area contributed by atoms with E-state index in [1.165, 1.54) is 9.80 Å². The standard InChI is InChI=1S/C31H40N4O8/c1-20-7-11-24(12-8-20)42-17-22(36)15-32-26(38)30(3,4)34(28(32)40)19-35-29(41)33(27(39)31(35,5)6)16-23(37)18-43-25-13-9-21(2)10-14-25/h7-14,22-23,36-37H,15-19H2,1-6H3. The van der Waals surface area contributed by atoms with Crippen molar-refractivity contribution in [3.8, 4) is 11.5 Å². The Hall–Kier alpha value is -4.16. The highest BCUT2D eigenvalue weighted by molar-refractivity contribution is 6.08. The molecule has 2 fully saturated rings. The maximum absolute atomic E-state index is 13.5. The number of carbonyl (C=O) groups is 4. The van der Waals surface area contributed by atoms with Gasteiger partial charge in [0.15, 0.2) is 0 Å². The fraction of sp³-hybridized carbons (Fsp3) is 0.484. The van der Waals surface area contributed by atoms with Gasteiger partial charge in [0.2, 0.25) is 0 Å². The van der Waals surface area contributed by atoms with E-state index in [1.807, 2.05) is 38.1 Å². The summed E-state index contributed by atoms with van der Waals surface area (Å²) in [4.78, 5) is 57.7. The summed E-state index contributed by atoms with van der Waals surface area (Å²) in [7, 11) is 0. The lowest BCUT2D eigenvalue weighted by atomic mass is 10.0. The molecule has 2 heterocycles. The van der Waals surface area contributed by atoms with Gasteiger partial charge in [0.25, 0.3) is 11.8 Å². The Kier molecular flexibility index (Phi) is 9.02. The highest BCUT2D eigenvalue weighted by Crippen LogP contribution is 2.33. The van der Waals surface area contributed by atoms with Gasteiger partial charge in [-0.2, -0.15) is 0 Å². The highest BCUT2D eigenvalue weighted by atomic mass is 16.5. The number of imide groups is 2. The van der Waals surface area contributed by atoms with Crippen molar-refractivity contribution in [3.05, 3.63) is 59.7 Å². The van der Waals surface area contributed by atoms with Crippen molar-refractivity contribution in [3.63, 3.8) is 0 Å². The van der Waals surface area contributed by atoms with Crippen LogP contribution in [0, 0.1) is 13.8 Å². The second kappa shape index (κ2) is 12.2. The first kappa shape index (κ1) is 31.8. The summed E-state index contributed by atoms with van der Waals surface area (Å²) in [5.74, 6) is -0.0191. The van der Waals surface area contributed by atoms with Gasteiger partial charge in [-0.1, -0.05) is 35.4 Å². The summed E-state index contributed by atoms with van der Waals surface area (Å²) >= 11 is 0. The zero-order valence-corrected chi connectivity index (χ0v) is 25.4. The Balaban J connectivity index is 1.39. The second-order valence-corrected chi connectivity index (χ2v) is 12.1. The highest BCUT2D eigenvalue weighted by Gasteiger charge is 2.57. The fourth-order valence-corrected chi connectivity index (χ4v) is 4.95. The first-order valence-electron chi connectivity index (χ1n) is 14.1. The van der Waals surface area contributed by atoms with E-state index in [4.69, 9.17) is 9.47 Å². The molecule has 2 atom stereocenters. The largest absolute Gasteiger partial charge is 0.491 e. The van der Waals surface area contributed by atoms with Crippen molar-refractivity contribution in [2.45, 2.75) is 64.8 Å². The van der Waals surface area contributed by atoms with Gasteiger partial charge < -0.3 is 19.7 Å². The van der Waals surface area contributed by atoms with Crippen LogP contribution in [0.2, 0.25) is 0 Å². The molecule has 2 saturated heterocycles. The van der Waals surface area contributed by atoms with Gasteiger partial charge >= 0.3 is 12.1 Å². The van der Waals surface area contributed by atoms with E-state index in [0.717, 1.165) is 20.9 Å². The third-order valence-corrected chi connectivity index (χ3v) is 7.81. The van der Waals surface area contributed by atoms with Gasteiger partial charge in [0.1, 0.15) is 54.7 Å². The Bertz CT molecular complexity index is 1260. The fourth-order valence-electron chi connectivity index (χ4n) is 4.95. The number of amides is 6. The van der Waals surface area contributed by atoms with Crippen LogP contribution in [0.15, 0.2) is 48.5 Å². The van der Waals surface area contributed by atoms with Crippen molar-refractivity contribution in [2.75, 3.05) is 33.0 Å². The van der Waals surface area contributed by atoms with Crippen LogP contribution in [0.4, 0.5) is 9.59 Å². The van der Waals surface area contributed by atoms with Crippen LogP contribution in [0.1, 0.15) is 38.8 Å². The van der Waals surface area contributed by atoms with Crippen LogP contribution in [-0.2, 0) is 9.59 Å². The lowest BCUT2D eigenvalue weighted by molar-refractivity contribution is -0.134. The smallest absolute Gasteiger partial charge is 0.329 e. The molecule has 0 aliphatic carbocycles. The molecule has 0 bridgehead atoms. The number of hydrogen-bond donors (Lipinski definition) is 2. The molecule has 2 aromatic rings. The minimum absolute atomic E-state index is 0.141. The topological polar surface area (TPSA) is 140 Å². The molecule has 2 aliphatic heterocycles. The number of hydrogen-bond acceptors (Lipinski definition) is 8. The van der Waals surface area contributed by atoms with E-state index < -0.39 is 47.2 Å². The number of ether oxygens (including phenoxy) is 2. The maximum Gasteiger partial charge on any atom is 0.329 e. The molecule has 0 saturated carbocycles. The molecule has 12 heteroatoms. The predicted octanol–water partition coefficient (Wildman–Crippen LogP) is 2.53. The number of β-amino-alcohol motifs (C(OH)–C–C–N with tert-alkyl or cyclic N) is 2. The van der Waals surface area contributed by atoms with E-state index in [-0.39, 0.29) is 33.0 Å². The molecular weight excluding hydrogens is 556 g/mol. The predicted molar refractivity (Wildman–Crippen MR) is 156 cm³/mol. The maximum atomic E-state index is 13.5. The molecule has 0 radical (unpaired) electrons. The molecule has 2 N–H and O–H groups in total. The number of aliphatic hydroxyl groups excluding tert-OH is 2. The summed E-state index contributed by atoms with van der Waals surface area (Å²) < 4.78 is 11.2. The molecule has 232 valence electrons. The van der Waals surface area contributed by atoms with Crippen molar-refractivity contribution in [2.24, 2.45) is 0 Å².